The van der Waals surface area contributed by atoms with Gasteiger partial charge in [0, 0.05) is 19.1 Å². The number of rotatable bonds is 4. The minimum Gasteiger partial charge on any atom is -0.391 e. The number of aliphatic hydroxyl groups is 1. The lowest BCUT2D eigenvalue weighted by atomic mass is 10.0. The number of ether oxygens (including phenoxy) is 1. The second-order valence-corrected chi connectivity index (χ2v) is 3.55. The van der Waals surface area contributed by atoms with E-state index in [1.165, 1.54) is 0 Å². The summed E-state index contributed by atoms with van der Waals surface area (Å²) in [5, 5.41) is 9.73. The van der Waals surface area contributed by atoms with E-state index in [9.17, 15) is 5.11 Å². The molecule has 2 unspecified atom stereocenters. The molecule has 0 amide bonds. The topological polar surface area (TPSA) is 32.7 Å². The molecule has 1 N–H and O–H groups in total. The molecule has 1 aliphatic heterocycles. The van der Waals surface area contributed by atoms with Crippen LogP contribution in [0.15, 0.2) is 0 Å². The van der Waals surface area contributed by atoms with Gasteiger partial charge in [0.2, 0.25) is 0 Å². The lowest BCUT2D eigenvalue weighted by Crippen LogP contribution is -2.34. The first kappa shape index (κ1) is 9.96. The Labute approximate surface area is 74.3 Å². The Hall–Kier alpha value is -0.120. The smallest absolute Gasteiger partial charge is 0.0717 e. The average molecular weight is 173 g/mol. The molecule has 1 saturated heterocycles. The molecule has 1 heterocycles. The summed E-state index contributed by atoms with van der Waals surface area (Å²) in [5.41, 5.74) is 0. The summed E-state index contributed by atoms with van der Waals surface area (Å²) in [4.78, 5) is 2.13. The summed E-state index contributed by atoms with van der Waals surface area (Å²) in [6.45, 7) is 5.41. The zero-order valence-electron chi connectivity index (χ0n) is 7.99. The van der Waals surface area contributed by atoms with Gasteiger partial charge in [-0.1, -0.05) is 6.92 Å². The van der Waals surface area contributed by atoms with Crippen LogP contribution in [0.3, 0.4) is 0 Å². The molecule has 0 radical (unpaired) electrons. The summed E-state index contributed by atoms with van der Waals surface area (Å²) in [7, 11) is 2.03. The van der Waals surface area contributed by atoms with Crippen molar-refractivity contribution in [1.29, 1.82) is 0 Å². The second kappa shape index (κ2) is 4.80. The number of aliphatic hydroxyl groups excluding tert-OH is 1. The minimum atomic E-state index is -0.211. The normalized spacial score (nSPS) is 26.5. The molecule has 2 atom stereocenters. The highest BCUT2D eigenvalue weighted by molar-refractivity contribution is 4.74. The molecule has 12 heavy (non-hydrogen) atoms. The highest BCUT2D eigenvalue weighted by Crippen LogP contribution is 2.16. The maximum Gasteiger partial charge on any atom is 0.0717 e. The molecule has 1 fully saturated rings. The Morgan fingerprint density at radius 3 is 2.92 bits per heavy atom. The van der Waals surface area contributed by atoms with Gasteiger partial charge in [-0.05, 0) is 20.0 Å². The third-order valence-corrected chi connectivity index (χ3v) is 2.55. The van der Waals surface area contributed by atoms with Crippen LogP contribution in [0.25, 0.3) is 0 Å². The Bertz CT molecular complexity index is 124. The first-order valence-electron chi connectivity index (χ1n) is 4.68. The molecule has 72 valence electrons. The van der Waals surface area contributed by atoms with Gasteiger partial charge in [0.25, 0.3) is 0 Å². The molecule has 0 spiro atoms. The molecular formula is C9H19NO2. The predicted octanol–water partition coefficient (Wildman–Crippen LogP) is 0.335. The van der Waals surface area contributed by atoms with E-state index >= 15 is 0 Å². The van der Waals surface area contributed by atoms with Crippen molar-refractivity contribution in [3.05, 3.63) is 0 Å². The Morgan fingerprint density at radius 1 is 1.67 bits per heavy atom. The van der Waals surface area contributed by atoms with E-state index in [1.54, 1.807) is 0 Å². The highest BCUT2D eigenvalue weighted by atomic mass is 16.5. The SMILES string of the molecule is CCN(C)CC(O)C1CCOC1. The molecule has 3 nitrogen and oxygen atoms in total. The van der Waals surface area contributed by atoms with Crippen LogP contribution in [0.4, 0.5) is 0 Å². The van der Waals surface area contributed by atoms with Crippen LogP contribution in [0, 0.1) is 5.92 Å². The third-order valence-electron chi connectivity index (χ3n) is 2.55. The maximum absolute atomic E-state index is 9.73. The molecule has 0 bridgehead atoms. The van der Waals surface area contributed by atoms with Crippen LogP contribution in [-0.2, 0) is 4.74 Å². The molecule has 0 saturated carbocycles. The summed E-state index contributed by atoms with van der Waals surface area (Å²) < 4.78 is 5.21. The van der Waals surface area contributed by atoms with Crippen LogP contribution in [-0.4, -0.2) is 49.5 Å². The Morgan fingerprint density at radius 2 is 2.42 bits per heavy atom. The van der Waals surface area contributed by atoms with Gasteiger partial charge in [0.05, 0.1) is 12.7 Å². The van der Waals surface area contributed by atoms with Crippen molar-refractivity contribution in [2.45, 2.75) is 19.4 Å². The van der Waals surface area contributed by atoms with Crippen LogP contribution in [0.2, 0.25) is 0 Å². The Kier molecular flexibility index (Phi) is 3.98. The van der Waals surface area contributed by atoms with E-state index in [-0.39, 0.29) is 6.10 Å². The van der Waals surface area contributed by atoms with E-state index in [0.717, 1.165) is 32.7 Å². The van der Waals surface area contributed by atoms with Crippen LogP contribution in [0.1, 0.15) is 13.3 Å². The van der Waals surface area contributed by atoms with Crippen molar-refractivity contribution in [2.24, 2.45) is 5.92 Å². The van der Waals surface area contributed by atoms with E-state index < -0.39 is 0 Å². The second-order valence-electron chi connectivity index (χ2n) is 3.55. The standard InChI is InChI=1S/C9H19NO2/c1-3-10(2)6-9(11)8-4-5-12-7-8/h8-9,11H,3-7H2,1-2H3. The van der Waals surface area contributed by atoms with Crippen molar-refractivity contribution in [2.75, 3.05) is 33.4 Å². The fourth-order valence-corrected chi connectivity index (χ4v) is 1.45. The molecule has 1 rings (SSSR count). The average Bonchev–Trinajstić information content (AvgIpc) is 2.56. The van der Waals surface area contributed by atoms with Crippen LogP contribution in [0.5, 0.6) is 0 Å². The first-order valence-corrected chi connectivity index (χ1v) is 4.68. The fraction of sp³-hybridized carbons (Fsp3) is 1.00. The van der Waals surface area contributed by atoms with Gasteiger partial charge in [-0.2, -0.15) is 0 Å². The number of likely N-dealkylation sites (N-methyl/N-ethyl adjacent to an activating group) is 1. The largest absolute Gasteiger partial charge is 0.391 e. The molecular weight excluding hydrogens is 154 g/mol. The van der Waals surface area contributed by atoms with E-state index in [0.29, 0.717) is 5.92 Å². The molecule has 0 aliphatic carbocycles. The van der Waals surface area contributed by atoms with Crippen molar-refractivity contribution < 1.29 is 9.84 Å². The number of hydrogen-bond acceptors (Lipinski definition) is 3. The zero-order chi connectivity index (χ0) is 8.97. The van der Waals surface area contributed by atoms with Crippen molar-refractivity contribution in [3.63, 3.8) is 0 Å². The lowest BCUT2D eigenvalue weighted by Gasteiger charge is -2.22. The molecule has 0 aromatic rings. The van der Waals surface area contributed by atoms with E-state index in [2.05, 4.69) is 11.8 Å². The van der Waals surface area contributed by atoms with Gasteiger partial charge in [-0.15, -0.1) is 0 Å². The monoisotopic (exact) mass is 173 g/mol. The summed E-state index contributed by atoms with van der Waals surface area (Å²) >= 11 is 0. The van der Waals surface area contributed by atoms with Crippen LogP contribution < -0.4 is 0 Å². The number of nitrogens with zero attached hydrogens (tertiary/aromatic N) is 1. The molecule has 3 heteroatoms. The van der Waals surface area contributed by atoms with E-state index in [4.69, 9.17) is 4.74 Å². The van der Waals surface area contributed by atoms with Gasteiger partial charge < -0.3 is 14.7 Å². The van der Waals surface area contributed by atoms with Crippen molar-refractivity contribution in [3.8, 4) is 0 Å². The summed E-state index contributed by atoms with van der Waals surface area (Å²) in [5.74, 6) is 0.360. The summed E-state index contributed by atoms with van der Waals surface area (Å²) in [6, 6.07) is 0. The van der Waals surface area contributed by atoms with Crippen molar-refractivity contribution in [1.82, 2.24) is 4.90 Å². The molecule has 0 aromatic heterocycles. The lowest BCUT2D eigenvalue weighted by molar-refractivity contribution is 0.0647. The van der Waals surface area contributed by atoms with Gasteiger partial charge in [-0.3, -0.25) is 0 Å². The van der Waals surface area contributed by atoms with Gasteiger partial charge >= 0.3 is 0 Å². The predicted molar refractivity (Wildman–Crippen MR) is 48.1 cm³/mol. The first-order chi connectivity index (χ1) is 5.74. The molecule has 0 aromatic carbocycles. The maximum atomic E-state index is 9.73. The number of hydrogen-bond donors (Lipinski definition) is 1. The van der Waals surface area contributed by atoms with Gasteiger partial charge in [0.1, 0.15) is 0 Å². The third kappa shape index (κ3) is 2.73. The minimum absolute atomic E-state index is 0.211. The molecule has 1 aliphatic rings. The van der Waals surface area contributed by atoms with Crippen molar-refractivity contribution >= 4 is 0 Å². The Balaban J connectivity index is 2.21. The summed E-state index contributed by atoms with van der Waals surface area (Å²) in [6.07, 6.45) is 0.802. The highest BCUT2D eigenvalue weighted by Gasteiger charge is 2.24. The van der Waals surface area contributed by atoms with Crippen LogP contribution >= 0.6 is 0 Å². The van der Waals surface area contributed by atoms with E-state index in [1.807, 2.05) is 7.05 Å². The van der Waals surface area contributed by atoms with Gasteiger partial charge in [0.15, 0.2) is 0 Å². The van der Waals surface area contributed by atoms with Gasteiger partial charge in [-0.25, -0.2) is 0 Å². The quantitative estimate of drug-likeness (QED) is 0.665. The fourth-order valence-electron chi connectivity index (χ4n) is 1.45. The zero-order valence-corrected chi connectivity index (χ0v) is 7.99.